The predicted octanol–water partition coefficient (Wildman–Crippen LogP) is 4.65. The van der Waals surface area contributed by atoms with Crippen LogP contribution in [0.2, 0.25) is 0 Å². The van der Waals surface area contributed by atoms with Gasteiger partial charge in [-0.15, -0.1) is 24.0 Å². The van der Waals surface area contributed by atoms with E-state index in [4.69, 9.17) is 5.73 Å². The Bertz CT molecular complexity index is 945. The van der Waals surface area contributed by atoms with Gasteiger partial charge in [-0.05, 0) is 63.1 Å². The summed E-state index contributed by atoms with van der Waals surface area (Å²) in [6, 6.07) is 16.3. The summed E-state index contributed by atoms with van der Waals surface area (Å²) < 4.78 is 1.95. The number of rotatable bonds is 4. The van der Waals surface area contributed by atoms with Gasteiger partial charge in [0.25, 0.3) is 0 Å². The van der Waals surface area contributed by atoms with E-state index >= 15 is 0 Å². The molecule has 0 radical (unpaired) electrons. The molecule has 3 aromatic rings. The number of hydrogen-bond acceptors (Lipinski definition) is 2. The lowest BCUT2D eigenvalue weighted by Crippen LogP contribution is -2.22. The minimum absolute atomic E-state index is 0. The zero-order chi connectivity index (χ0) is 18.7. The Balaban J connectivity index is 0.00000261. The van der Waals surface area contributed by atoms with Gasteiger partial charge in [-0.25, -0.2) is 9.67 Å². The Morgan fingerprint density at radius 3 is 2.41 bits per heavy atom. The van der Waals surface area contributed by atoms with Gasteiger partial charge in [0.1, 0.15) is 0 Å². The number of nitrogens with zero attached hydrogens (tertiary/aromatic N) is 3. The summed E-state index contributed by atoms with van der Waals surface area (Å²) in [5.41, 5.74) is 13.7. The fraction of sp³-hybridized carbons (Fsp3) is 0.238. The van der Waals surface area contributed by atoms with Gasteiger partial charge in [0, 0.05) is 16.9 Å². The van der Waals surface area contributed by atoms with E-state index in [2.05, 4.69) is 48.3 Å². The molecule has 0 amide bonds. The van der Waals surface area contributed by atoms with Gasteiger partial charge in [0.2, 0.25) is 0 Å². The Morgan fingerprint density at radius 1 is 1.04 bits per heavy atom. The Hall–Kier alpha value is -2.35. The van der Waals surface area contributed by atoms with Crippen LogP contribution in [0, 0.1) is 27.7 Å². The van der Waals surface area contributed by atoms with Crippen molar-refractivity contribution in [3.8, 4) is 5.69 Å². The van der Waals surface area contributed by atoms with Crippen molar-refractivity contribution in [3.63, 3.8) is 0 Å². The van der Waals surface area contributed by atoms with Crippen LogP contribution in [0.1, 0.15) is 28.1 Å². The number of anilines is 1. The standard InChI is InChI=1S/C21H25N5.HI/c1-14-10-11-18(12-15(14)2)24-21(22)23-13-20-16(3)25-26(17(20)4)19-8-6-5-7-9-19;/h5-12H,13H2,1-4H3,(H3,22,23,24);1H. The molecule has 142 valence electrons. The summed E-state index contributed by atoms with van der Waals surface area (Å²) in [5.74, 6) is 0.402. The largest absolute Gasteiger partial charge is 0.370 e. The summed E-state index contributed by atoms with van der Waals surface area (Å²) >= 11 is 0. The molecule has 3 rings (SSSR count). The van der Waals surface area contributed by atoms with E-state index in [9.17, 15) is 0 Å². The van der Waals surface area contributed by atoms with Crippen LogP contribution in [0.5, 0.6) is 0 Å². The van der Waals surface area contributed by atoms with Crippen molar-refractivity contribution in [2.24, 2.45) is 10.7 Å². The maximum Gasteiger partial charge on any atom is 0.193 e. The van der Waals surface area contributed by atoms with E-state index < -0.39 is 0 Å². The number of para-hydroxylation sites is 1. The number of aromatic nitrogens is 2. The molecular weight excluding hydrogens is 449 g/mol. The van der Waals surface area contributed by atoms with Crippen LogP contribution < -0.4 is 11.1 Å². The Morgan fingerprint density at radius 2 is 1.74 bits per heavy atom. The quantitative estimate of drug-likeness (QED) is 0.328. The van der Waals surface area contributed by atoms with Crippen molar-refractivity contribution < 1.29 is 0 Å². The highest BCUT2D eigenvalue weighted by atomic mass is 127. The third-order valence-electron chi connectivity index (χ3n) is 4.63. The summed E-state index contributed by atoms with van der Waals surface area (Å²) in [6.07, 6.45) is 0. The number of nitrogens with two attached hydrogens (primary N) is 1. The van der Waals surface area contributed by atoms with E-state index in [0.29, 0.717) is 12.5 Å². The molecule has 0 unspecified atom stereocenters. The van der Waals surface area contributed by atoms with Crippen molar-refractivity contribution in [3.05, 3.63) is 76.6 Å². The van der Waals surface area contributed by atoms with Crippen molar-refractivity contribution in [2.45, 2.75) is 34.2 Å². The number of aryl methyl sites for hydroxylation is 3. The molecule has 0 atom stereocenters. The molecule has 0 saturated heterocycles. The van der Waals surface area contributed by atoms with Crippen LogP contribution in [-0.2, 0) is 6.54 Å². The Labute approximate surface area is 177 Å². The highest BCUT2D eigenvalue weighted by molar-refractivity contribution is 14.0. The molecule has 3 N–H and O–H groups in total. The van der Waals surface area contributed by atoms with Crippen LogP contribution in [0.3, 0.4) is 0 Å². The minimum Gasteiger partial charge on any atom is -0.370 e. The first-order valence-electron chi connectivity index (χ1n) is 8.70. The third-order valence-corrected chi connectivity index (χ3v) is 4.63. The molecule has 0 aliphatic heterocycles. The van der Waals surface area contributed by atoms with Crippen LogP contribution in [0.4, 0.5) is 5.69 Å². The summed E-state index contributed by atoms with van der Waals surface area (Å²) in [4.78, 5) is 4.50. The lowest BCUT2D eigenvalue weighted by atomic mass is 10.1. The zero-order valence-electron chi connectivity index (χ0n) is 16.2. The monoisotopic (exact) mass is 475 g/mol. The molecule has 0 bridgehead atoms. The van der Waals surface area contributed by atoms with Crippen LogP contribution in [0.15, 0.2) is 53.5 Å². The second-order valence-corrected chi connectivity index (χ2v) is 6.52. The average molecular weight is 475 g/mol. The predicted molar refractivity (Wildman–Crippen MR) is 123 cm³/mol. The van der Waals surface area contributed by atoms with E-state index in [1.807, 2.05) is 48.0 Å². The lowest BCUT2D eigenvalue weighted by molar-refractivity contribution is 0.832. The van der Waals surface area contributed by atoms with Crippen molar-refractivity contribution in [2.75, 3.05) is 5.32 Å². The molecule has 27 heavy (non-hydrogen) atoms. The van der Waals surface area contributed by atoms with E-state index in [0.717, 1.165) is 28.3 Å². The first kappa shape index (κ1) is 21.0. The second kappa shape index (κ2) is 9.03. The van der Waals surface area contributed by atoms with Gasteiger partial charge >= 0.3 is 0 Å². The van der Waals surface area contributed by atoms with Crippen molar-refractivity contribution in [1.82, 2.24) is 9.78 Å². The smallest absolute Gasteiger partial charge is 0.193 e. The maximum absolute atomic E-state index is 6.07. The molecule has 1 aromatic heterocycles. The topological polar surface area (TPSA) is 68.2 Å². The highest BCUT2D eigenvalue weighted by Crippen LogP contribution is 2.19. The van der Waals surface area contributed by atoms with Gasteiger partial charge < -0.3 is 11.1 Å². The molecule has 6 heteroatoms. The average Bonchev–Trinajstić information content (AvgIpc) is 2.91. The van der Waals surface area contributed by atoms with E-state index in [1.54, 1.807) is 0 Å². The third kappa shape index (κ3) is 4.88. The number of nitrogens with one attached hydrogen (secondary N) is 1. The highest BCUT2D eigenvalue weighted by Gasteiger charge is 2.12. The summed E-state index contributed by atoms with van der Waals surface area (Å²) in [5, 5.41) is 7.81. The molecular formula is C21H26IN5. The van der Waals surface area contributed by atoms with Gasteiger partial charge in [0.05, 0.1) is 17.9 Å². The molecule has 5 nitrogen and oxygen atoms in total. The number of guanidine groups is 1. The van der Waals surface area contributed by atoms with E-state index in [-0.39, 0.29) is 24.0 Å². The van der Waals surface area contributed by atoms with Gasteiger partial charge in [-0.3, -0.25) is 0 Å². The second-order valence-electron chi connectivity index (χ2n) is 6.52. The molecule has 0 aliphatic carbocycles. The molecule has 0 spiro atoms. The number of aliphatic imine (C=N–C) groups is 1. The van der Waals surface area contributed by atoms with Crippen LogP contribution >= 0.6 is 24.0 Å². The first-order chi connectivity index (χ1) is 12.5. The number of benzene rings is 2. The zero-order valence-corrected chi connectivity index (χ0v) is 18.5. The normalized spacial score (nSPS) is 11.2. The fourth-order valence-electron chi connectivity index (χ4n) is 2.90. The van der Waals surface area contributed by atoms with E-state index in [1.165, 1.54) is 11.1 Å². The molecule has 1 heterocycles. The molecule has 0 aliphatic rings. The van der Waals surface area contributed by atoms with Gasteiger partial charge in [-0.2, -0.15) is 5.10 Å². The van der Waals surface area contributed by atoms with Gasteiger partial charge in [-0.1, -0.05) is 24.3 Å². The van der Waals surface area contributed by atoms with Crippen molar-refractivity contribution in [1.29, 1.82) is 0 Å². The molecule has 0 fully saturated rings. The maximum atomic E-state index is 6.07. The van der Waals surface area contributed by atoms with Crippen LogP contribution in [0.25, 0.3) is 5.69 Å². The SMILES string of the molecule is Cc1ccc(NC(N)=NCc2c(C)nn(-c3ccccc3)c2C)cc1C.I. The number of hydrogen-bond donors (Lipinski definition) is 2. The van der Waals surface area contributed by atoms with Crippen molar-refractivity contribution >= 4 is 35.6 Å². The minimum atomic E-state index is 0. The summed E-state index contributed by atoms with van der Waals surface area (Å²) in [7, 11) is 0. The first-order valence-corrected chi connectivity index (χ1v) is 8.70. The molecule has 2 aromatic carbocycles. The van der Waals surface area contributed by atoms with Gasteiger partial charge in [0.15, 0.2) is 5.96 Å². The fourth-order valence-corrected chi connectivity index (χ4v) is 2.90. The lowest BCUT2D eigenvalue weighted by Gasteiger charge is -2.08. The number of halogens is 1. The summed E-state index contributed by atoms with van der Waals surface area (Å²) in [6.45, 7) is 8.73. The molecule has 0 saturated carbocycles. The Kier molecular flexibility index (Phi) is 7.01. The van der Waals surface area contributed by atoms with Crippen LogP contribution in [-0.4, -0.2) is 15.7 Å².